The zero-order valence-corrected chi connectivity index (χ0v) is 18.7. The Hall–Kier alpha value is -1.19. The summed E-state index contributed by atoms with van der Waals surface area (Å²) in [6.45, 7) is 11.0. The molecule has 2 aromatic carbocycles. The van der Waals surface area contributed by atoms with Gasteiger partial charge in [-0.1, -0.05) is 70.8 Å². The fraction of sp³-hybridized carbons (Fsp3) is 0.478. The number of hydrogen-bond donors (Lipinski definition) is 1. The van der Waals surface area contributed by atoms with E-state index in [0.29, 0.717) is 5.75 Å². The maximum absolute atomic E-state index is 10.1. The zero-order valence-electron chi connectivity index (χ0n) is 16.9. The van der Waals surface area contributed by atoms with Gasteiger partial charge in [0.25, 0.3) is 0 Å². The maximum atomic E-state index is 10.1. The minimum absolute atomic E-state index is 0.0360. The number of benzene rings is 2. The summed E-state index contributed by atoms with van der Waals surface area (Å²) >= 11 is 1.90. The van der Waals surface area contributed by atoms with Gasteiger partial charge >= 0.3 is 0 Å². The number of phenols is 1. The Kier molecular flexibility index (Phi) is 7.84. The predicted octanol–water partition coefficient (Wildman–Crippen LogP) is 5.67. The highest BCUT2D eigenvalue weighted by atomic mass is 32.2. The van der Waals surface area contributed by atoms with Crippen LogP contribution < -0.4 is 5.19 Å². The van der Waals surface area contributed by atoms with E-state index in [0.717, 1.165) is 20.5 Å². The summed E-state index contributed by atoms with van der Waals surface area (Å²) in [5.41, 5.74) is 4.13. The molecular formula is C23H32OSSi. The lowest BCUT2D eigenvalue weighted by Crippen LogP contribution is -2.23. The fourth-order valence-electron chi connectivity index (χ4n) is 3.25. The van der Waals surface area contributed by atoms with Crippen LogP contribution in [-0.4, -0.2) is 20.0 Å². The summed E-state index contributed by atoms with van der Waals surface area (Å²) < 4.78 is 0. The van der Waals surface area contributed by atoms with E-state index in [1.165, 1.54) is 30.6 Å². The van der Waals surface area contributed by atoms with Crippen LogP contribution in [0.1, 0.15) is 64.2 Å². The first kappa shape index (κ1) is 21.1. The molecule has 0 amide bonds. The van der Waals surface area contributed by atoms with Crippen molar-refractivity contribution in [3.05, 3.63) is 53.1 Å². The number of rotatable bonds is 8. The molecule has 2 rings (SSSR count). The Morgan fingerprint density at radius 3 is 2.38 bits per heavy atom. The van der Waals surface area contributed by atoms with Crippen LogP contribution in [0.3, 0.4) is 0 Å². The highest BCUT2D eigenvalue weighted by Gasteiger charge is 2.18. The Balaban J connectivity index is 2.09. The molecule has 26 heavy (non-hydrogen) atoms. The Morgan fingerprint density at radius 1 is 1.00 bits per heavy atom. The summed E-state index contributed by atoms with van der Waals surface area (Å²) in [5.74, 6) is 0.404. The van der Waals surface area contributed by atoms with E-state index in [2.05, 4.69) is 58.9 Å². The smallest absolute Gasteiger partial charge is 0.119 e. The van der Waals surface area contributed by atoms with Crippen LogP contribution in [0.5, 0.6) is 5.75 Å². The molecule has 2 aromatic rings. The van der Waals surface area contributed by atoms with Crippen molar-refractivity contribution in [2.24, 2.45) is 0 Å². The summed E-state index contributed by atoms with van der Waals surface area (Å²) in [6.07, 6.45) is 4.80. The van der Waals surface area contributed by atoms with Gasteiger partial charge in [0.2, 0.25) is 0 Å². The molecule has 0 spiro atoms. The molecule has 0 aliphatic carbocycles. The molecule has 0 atom stereocenters. The van der Waals surface area contributed by atoms with Crippen molar-refractivity contribution in [1.82, 2.24) is 0 Å². The van der Waals surface area contributed by atoms with E-state index in [-0.39, 0.29) is 5.41 Å². The highest BCUT2D eigenvalue weighted by Crippen LogP contribution is 2.33. The first-order chi connectivity index (χ1) is 12.4. The van der Waals surface area contributed by atoms with Gasteiger partial charge in [0.15, 0.2) is 0 Å². The molecule has 1 nitrogen and oxygen atoms in total. The van der Waals surface area contributed by atoms with Gasteiger partial charge in [-0.05, 0) is 53.0 Å². The van der Waals surface area contributed by atoms with E-state index in [1.807, 2.05) is 23.9 Å². The normalized spacial score (nSPS) is 11.7. The van der Waals surface area contributed by atoms with Crippen molar-refractivity contribution in [3.8, 4) is 5.75 Å². The molecule has 0 fully saturated rings. The molecular weight excluding hydrogens is 352 g/mol. The topological polar surface area (TPSA) is 20.2 Å². The van der Waals surface area contributed by atoms with E-state index >= 15 is 0 Å². The number of aryl methyl sites for hydroxylation is 1. The standard InChI is InChI=1S/C23H32OSSi/c1-6-9-17-11-8-12-22(19(17)10-7-2)26-16-25-18-13-14-21(24)20(15-18)23(3,4)5/h8,11-15,24H,6-7,9-10,16H2,1-5H3. The molecule has 0 saturated heterocycles. The van der Waals surface area contributed by atoms with Crippen LogP contribution in [0.15, 0.2) is 41.3 Å². The molecule has 0 heterocycles. The molecule has 0 bridgehead atoms. The van der Waals surface area contributed by atoms with Gasteiger partial charge in [0.05, 0.1) is 9.52 Å². The molecule has 0 aliphatic heterocycles. The number of thioether (sulfide) groups is 1. The van der Waals surface area contributed by atoms with Crippen LogP contribution in [0, 0.1) is 0 Å². The molecule has 2 radical (unpaired) electrons. The first-order valence-electron chi connectivity index (χ1n) is 9.67. The van der Waals surface area contributed by atoms with Crippen molar-refractivity contribution < 1.29 is 5.11 Å². The summed E-state index contributed by atoms with van der Waals surface area (Å²) in [7, 11) is 0.821. The van der Waals surface area contributed by atoms with E-state index in [4.69, 9.17) is 0 Å². The van der Waals surface area contributed by atoms with Crippen molar-refractivity contribution in [2.75, 3.05) is 5.38 Å². The lowest BCUT2D eigenvalue weighted by molar-refractivity contribution is 0.446. The van der Waals surface area contributed by atoms with E-state index in [9.17, 15) is 5.11 Å². The molecule has 140 valence electrons. The molecule has 0 aliphatic rings. The van der Waals surface area contributed by atoms with Gasteiger partial charge in [-0.2, -0.15) is 0 Å². The van der Waals surface area contributed by atoms with Gasteiger partial charge in [-0.25, -0.2) is 0 Å². The third kappa shape index (κ3) is 5.65. The van der Waals surface area contributed by atoms with Gasteiger partial charge in [0.1, 0.15) is 5.75 Å². The second kappa shape index (κ2) is 9.66. The number of hydrogen-bond acceptors (Lipinski definition) is 2. The molecule has 0 aromatic heterocycles. The first-order valence-corrected chi connectivity index (χ1v) is 11.9. The Bertz CT molecular complexity index is 719. The van der Waals surface area contributed by atoms with Crippen LogP contribution in [0.2, 0.25) is 0 Å². The lowest BCUT2D eigenvalue weighted by Gasteiger charge is -2.21. The lowest BCUT2D eigenvalue weighted by atomic mass is 9.86. The Labute approximate surface area is 166 Å². The quantitative estimate of drug-likeness (QED) is 0.467. The summed E-state index contributed by atoms with van der Waals surface area (Å²) in [5, 5.41) is 12.8. The van der Waals surface area contributed by atoms with Crippen LogP contribution in [0.25, 0.3) is 0 Å². The van der Waals surface area contributed by atoms with Crippen molar-refractivity contribution >= 4 is 26.5 Å². The second-order valence-corrected chi connectivity index (χ2v) is 10.6. The van der Waals surface area contributed by atoms with Crippen molar-refractivity contribution in [1.29, 1.82) is 0 Å². The van der Waals surface area contributed by atoms with Crippen molar-refractivity contribution in [3.63, 3.8) is 0 Å². The van der Waals surface area contributed by atoms with Crippen LogP contribution in [0.4, 0.5) is 0 Å². The summed E-state index contributed by atoms with van der Waals surface area (Å²) in [4.78, 5) is 1.25. The third-order valence-corrected chi connectivity index (χ3v) is 7.16. The number of phenolic OH excluding ortho intramolecular Hbond substituents is 1. The SMILES string of the molecule is CCCc1cccc([Si]CSc2ccc(O)c(C(C)(C)C)c2)c1CCC. The van der Waals surface area contributed by atoms with E-state index in [1.54, 1.807) is 16.3 Å². The third-order valence-electron chi connectivity index (χ3n) is 4.57. The maximum Gasteiger partial charge on any atom is 0.119 e. The Morgan fingerprint density at radius 2 is 1.73 bits per heavy atom. The van der Waals surface area contributed by atoms with E-state index < -0.39 is 0 Å². The van der Waals surface area contributed by atoms with Gasteiger partial charge in [-0.15, -0.1) is 11.8 Å². The molecule has 1 N–H and O–H groups in total. The van der Waals surface area contributed by atoms with Gasteiger partial charge in [-0.3, -0.25) is 0 Å². The second-order valence-electron chi connectivity index (χ2n) is 7.84. The number of aromatic hydroxyl groups is 1. The average molecular weight is 385 g/mol. The van der Waals surface area contributed by atoms with Gasteiger partial charge in [0, 0.05) is 10.5 Å². The minimum Gasteiger partial charge on any atom is -0.508 e. The van der Waals surface area contributed by atoms with Crippen molar-refractivity contribution in [2.45, 2.75) is 70.6 Å². The fourth-order valence-corrected chi connectivity index (χ4v) is 5.91. The molecule has 3 heteroatoms. The molecule has 0 saturated carbocycles. The molecule has 0 unspecified atom stereocenters. The predicted molar refractivity (Wildman–Crippen MR) is 117 cm³/mol. The average Bonchev–Trinajstić information content (AvgIpc) is 2.58. The minimum atomic E-state index is -0.0360. The summed E-state index contributed by atoms with van der Waals surface area (Å²) in [6, 6.07) is 12.9. The highest BCUT2D eigenvalue weighted by molar-refractivity contribution is 8.00. The van der Waals surface area contributed by atoms with Gasteiger partial charge < -0.3 is 5.11 Å². The largest absolute Gasteiger partial charge is 0.508 e. The zero-order chi connectivity index (χ0) is 19.2. The van der Waals surface area contributed by atoms with Crippen LogP contribution >= 0.6 is 11.8 Å². The van der Waals surface area contributed by atoms with Crippen LogP contribution in [-0.2, 0) is 18.3 Å². The monoisotopic (exact) mass is 384 g/mol.